The van der Waals surface area contributed by atoms with E-state index >= 15 is 0 Å². The van der Waals surface area contributed by atoms with E-state index in [0.717, 1.165) is 0 Å². The molecule has 0 spiro atoms. The van der Waals surface area contributed by atoms with Crippen LogP contribution in [-0.2, 0) is 0 Å². The van der Waals surface area contributed by atoms with Crippen LogP contribution < -0.4 is 0 Å². The van der Waals surface area contributed by atoms with Gasteiger partial charge in [0, 0.05) is 23.6 Å². The number of benzene rings is 2. The predicted molar refractivity (Wildman–Crippen MR) is 89.7 cm³/mol. The normalized spacial score (nSPS) is 10.9. The Bertz CT molecular complexity index is 572. The second-order valence-electron chi connectivity index (χ2n) is 4.19. The molecule has 0 amide bonds. The molecule has 0 fully saturated rings. The van der Waals surface area contributed by atoms with Gasteiger partial charge in [-0.1, -0.05) is 24.3 Å². The third kappa shape index (κ3) is 5.57. The summed E-state index contributed by atoms with van der Waals surface area (Å²) in [6.45, 7) is 1.05. The van der Waals surface area contributed by atoms with Gasteiger partial charge >= 0.3 is 23.1 Å². The molecule has 0 saturated heterocycles. The number of phenolic OH excluding ortho intramolecular Hbond substituents is 2. The van der Waals surface area contributed by atoms with Crippen molar-refractivity contribution < 1.29 is 10.2 Å². The molecule has 2 aromatic carbocycles. The number of para-hydroxylation sites is 2. The largest absolute Gasteiger partial charge is 0.507 e. The van der Waals surface area contributed by atoms with Crippen LogP contribution in [0.25, 0.3) is 0 Å². The maximum Gasteiger partial charge on any atom is 0.316 e. The van der Waals surface area contributed by atoms with Crippen molar-refractivity contribution >= 4 is 35.5 Å². The molecule has 0 aliphatic carbocycles. The highest BCUT2D eigenvalue weighted by molar-refractivity contribution is 5.84. The molecule has 0 atom stereocenters. The Balaban J connectivity index is 0.00000220. The third-order valence-electron chi connectivity index (χ3n) is 2.69. The van der Waals surface area contributed by atoms with E-state index in [0.29, 0.717) is 24.2 Å². The van der Waals surface area contributed by atoms with E-state index in [2.05, 4.69) is 9.98 Å². The molecule has 4 nitrogen and oxygen atoms in total. The standard InChI is InChI=1S/C16H16N2O2.Mg.2H/c19-15-7-3-1-5-13(15)11-17-9-10-18-12-14-6-2-4-8-16(14)20;;;/h1-8,11-12,19-20H,9-10H2;;;/b17-11+,18-12+;;;. The topological polar surface area (TPSA) is 65.2 Å². The van der Waals surface area contributed by atoms with Gasteiger partial charge in [0.15, 0.2) is 0 Å². The van der Waals surface area contributed by atoms with E-state index in [1.807, 2.05) is 12.1 Å². The summed E-state index contributed by atoms with van der Waals surface area (Å²) in [6, 6.07) is 14.1. The van der Waals surface area contributed by atoms with Crippen molar-refractivity contribution in [3.8, 4) is 11.5 Å². The highest BCUT2D eigenvalue weighted by Crippen LogP contribution is 2.13. The lowest BCUT2D eigenvalue weighted by Gasteiger charge is -1.97. The Morgan fingerprint density at radius 2 is 1.10 bits per heavy atom. The summed E-state index contributed by atoms with van der Waals surface area (Å²) in [6.07, 6.45) is 3.26. The first-order valence-electron chi connectivity index (χ1n) is 6.33. The van der Waals surface area contributed by atoms with E-state index in [9.17, 15) is 10.2 Å². The molecule has 0 aromatic heterocycles. The zero-order valence-electron chi connectivity index (χ0n) is 11.0. The number of rotatable bonds is 5. The minimum Gasteiger partial charge on any atom is -0.507 e. The molecule has 2 N–H and O–H groups in total. The van der Waals surface area contributed by atoms with Crippen LogP contribution >= 0.6 is 0 Å². The molecule has 21 heavy (non-hydrogen) atoms. The maximum absolute atomic E-state index is 9.54. The van der Waals surface area contributed by atoms with Crippen molar-refractivity contribution in [3.63, 3.8) is 0 Å². The minimum absolute atomic E-state index is 0. The molecular formula is C16H18MgN2O2. The molecule has 0 aliphatic heterocycles. The quantitative estimate of drug-likeness (QED) is 0.501. The molecule has 0 heterocycles. The smallest absolute Gasteiger partial charge is 0.316 e. The van der Waals surface area contributed by atoms with Gasteiger partial charge in [0.05, 0.1) is 13.1 Å². The van der Waals surface area contributed by atoms with Gasteiger partial charge in [-0.15, -0.1) is 0 Å². The van der Waals surface area contributed by atoms with Crippen LogP contribution in [0.2, 0.25) is 0 Å². The summed E-state index contributed by atoms with van der Waals surface area (Å²) in [5, 5.41) is 19.1. The fourth-order valence-electron chi connectivity index (χ4n) is 1.63. The lowest BCUT2D eigenvalue weighted by molar-refractivity contribution is 0.474. The van der Waals surface area contributed by atoms with Crippen LogP contribution in [0.5, 0.6) is 11.5 Å². The lowest BCUT2D eigenvalue weighted by atomic mass is 10.2. The fraction of sp³-hybridized carbons (Fsp3) is 0.125. The first-order valence-corrected chi connectivity index (χ1v) is 6.33. The summed E-state index contributed by atoms with van der Waals surface area (Å²) in [7, 11) is 0. The average molecular weight is 295 g/mol. The zero-order chi connectivity index (χ0) is 14.2. The van der Waals surface area contributed by atoms with Crippen LogP contribution in [0, 0.1) is 0 Å². The number of phenols is 2. The van der Waals surface area contributed by atoms with Gasteiger partial charge in [0.2, 0.25) is 0 Å². The zero-order valence-corrected chi connectivity index (χ0v) is 11.0. The van der Waals surface area contributed by atoms with Gasteiger partial charge in [-0.3, -0.25) is 9.98 Å². The van der Waals surface area contributed by atoms with Gasteiger partial charge in [-0.25, -0.2) is 0 Å². The van der Waals surface area contributed by atoms with E-state index in [1.54, 1.807) is 48.8 Å². The summed E-state index contributed by atoms with van der Waals surface area (Å²) in [5.41, 5.74) is 1.38. The van der Waals surface area contributed by atoms with Crippen LogP contribution in [0.3, 0.4) is 0 Å². The predicted octanol–water partition coefficient (Wildman–Crippen LogP) is 1.72. The molecule has 0 unspecified atom stereocenters. The van der Waals surface area contributed by atoms with Crippen molar-refractivity contribution in [2.24, 2.45) is 9.98 Å². The van der Waals surface area contributed by atoms with E-state index in [1.165, 1.54) is 0 Å². The summed E-state index contributed by atoms with van der Waals surface area (Å²) < 4.78 is 0. The summed E-state index contributed by atoms with van der Waals surface area (Å²) >= 11 is 0. The van der Waals surface area contributed by atoms with Crippen molar-refractivity contribution in [2.75, 3.05) is 13.1 Å². The Hall–Kier alpha value is -1.85. The van der Waals surface area contributed by atoms with Gasteiger partial charge in [-0.05, 0) is 24.3 Å². The maximum atomic E-state index is 9.54. The number of aromatic hydroxyl groups is 2. The monoisotopic (exact) mass is 294 g/mol. The molecule has 106 valence electrons. The molecule has 0 aliphatic rings. The molecule has 0 saturated carbocycles. The van der Waals surface area contributed by atoms with Crippen LogP contribution in [0.15, 0.2) is 58.5 Å². The third-order valence-corrected chi connectivity index (χ3v) is 2.69. The van der Waals surface area contributed by atoms with Gasteiger partial charge in [-0.2, -0.15) is 0 Å². The Morgan fingerprint density at radius 1 is 0.714 bits per heavy atom. The van der Waals surface area contributed by atoms with Crippen molar-refractivity contribution in [1.82, 2.24) is 0 Å². The van der Waals surface area contributed by atoms with Crippen LogP contribution in [-0.4, -0.2) is 58.8 Å². The molecule has 0 radical (unpaired) electrons. The minimum atomic E-state index is 0. The first kappa shape index (κ1) is 17.2. The van der Waals surface area contributed by atoms with Gasteiger partial charge in [0.1, 0.15) is 11.5 Å². The number of hydrogen-bond acceptors (Lipinski definition) is 4. The van der Waals surface area contributed by atoms with Crippen LogP contribution in [0.1, 0.15) is 11.1 Å². The summed E-state index contributed by atoms with van der Waals surface area (Å²) in [4.78, 5) is 8.39. The molecule has 0 bridgehead atoms. The number of hydrogen-bond donors (Lipinski definition) is 2. The Morgan fingerprint density at radius 3 is 1.48 bits per heavy atom. The van der Waals surface area contributed by atoms with E-state index in [-0.39, 0.29) is 34.6 Å². The van der Waals surface area contributed by atoms with Crippen LogP contribution in [0.4, 0.5) is 0 Å². The van der Waals surface area contributed by atoms with Gasteiger partial charge < -0.3 is 10.2 Å². The number of nitrogens with zero attached hydrogens (tertiary/aromatic N) is 2. The average Bonchev–Trinajstić information content (AvgIpc) is 2.46. The number of aliphatic imine (C=N–C) groups is 2. The Kier molecular flexibility index (Phi) is 7.49. The lowest BCUT2D eigenvalue weighted by Crippen LogP contribution is -1.91. The highest BCUT2D eigenvalue weighted by atomic mass is 24.3. The fourth-order valence-corrected chi connectivity index (χ4v) is 1.63. The molecule has 5 heteroatoms. The van der Waals surface area contributed by atoms with Gasteiger partial charge in [0.25, 0.3) is 0 Å². The molecular weight excluding hydrogens is 276 g/mol. The van der Waals surface area contributed by atoms with Crippen molar-refractivity contribution in [2.45, 2.75) is 0 Å². The first-order chi connectivity index (χ1) is 9.77. The van der Waals surface area contributed by atoms with Crippen molar-refractivity contribution in [1.29, 1.82) is 0 Å². The second kappa shape index (κ2) is 9.15. The summed E-state index contributed by atoms with van der Waals surface area (Å²) in [5.74, 6) is 0.433. The SMILES string of the molecule is Oc1ccccc1/C=N/CC/N=C/c1ccccc1O.[MgH2]. The molecule has 2 rings (SSSR count). The Labute approximate surface area is 140 Å². The molecule has 2 aromatic rings. The second-order valence-corrected chi connectivity index (χ2v) is 4.19. The highest BCUT2D eigenvalue weighted by Gasteiger charge is 1.95. The van der Waals surface area contributed by atoms with E-state index < -0.39 is 0 Å². The van der Waals surface area contributed by atoms with Crippen molar-refractivity contribution in [3.05, 3.63) is 59.7 Å². The van der Waals surface area contributed by atoms with E-state index in [4.69, 9.17) is 0 Å².